The minimum absolute atomic E-state index is 0.0110. The molecule has 1 saturated heterocycles. The van der Waals surface area contributed by atoms with Gasteiger partial charge in [0, 0.05) is 32.6 Å². The second kappa shape index (κ2) is 4.23. The van der Waals surface area contributed by atoms with Crippen molar-refractivity contribution < 1.29 is 14.7 Å². The lowest BCUT2D eigenvalue weighted by molar-refractivity contribution is -0.139. The Balaban J connectivity index is 2.41. The van der Waals surface area contributed by atoms with E-state index in [1.165, 1.54) is 6.92 Å². The van der Waals surface area contributed by atoms with E-state index in [9.17, 15) is 9.59 Å². The molecule has 0 aromatic carbocycles. The molecule has 1 heterocycles. The highest BCUT2D eigenvalue weighted by Gasteiger charge is 2.22. The van der Waals surface area contributed by atoms with Gasteiger partial charge in [0.05, 0.1) is 6.42 Å². The summed E-state index contributed by atoms with van der Waals surface area (Å²) in [6, 6.07) is -0.102. The highest BCUT2D eigenvalue weighted by atomic mass is 16.4. The number of nitrogens with zero attached hydrogens (tertiary/aromatic N) is 1. The maximum atomic E-state index is 11.0. The molecule has 1 unspecified atom stereocenters. The number of nitrogens with one attached hydrogen (secondary N) is 1. The Labute approximate surface area is 76.7 Å². The number of carbonyl (C=O) groups excluding carboxylic acids is 1. The van der Waals surface area contributed by atoms with Gasteiger partial charge in [-0.1, -0.05) is 0 Å². The van der Waals surface area contributed by atoms with Crippen LogP contribution in [0.4, 0.5) is 0 Å². The second-order valence-corrected chi connectivity index (χ2v) is 3.21. The first-order chi connectivity index (χ1) is 6.09. The van der Waals surface area contributed by atoms with Crippen LogP contribution >= 0.6 is 0 Å². The van der Waals surface area contributed by atoms with Crippen LogP contribution in [-0.4, -0.2) is 47.6 Å². The number of carboxylic acids is 1. The molecule has 1 rings (SSSR count). The van der Waals surface area contributed by atoms with E-state index >= 15 is 0 Å². The van der Waals surface area contributed by atoms with E-state index in [2.05, 4.69) is 5.32 Å². The molecular weight excluding hydrogens is 172 g/mol. The highest BCUT2D eigenvalue weighted by Crippen LogP contribution is 2.02. The van der Waals surface area contributed by atoms with Crippen molar-refractivity contribution >= 4 is 11.9 Å². The van der Waals surface area contributed by atoms with Crippen molar-refractivity contribution in [3.63, 3.8) is 0 Å². The molecule has 5 heteroatoms. The maximum Gasteiger partial charge on any atom is 0.304 e. The van der Waals surface area contributed by atoms with E-state index in [1.54, 1.807) is 4.90 Å². The second-order valence-electron chi connectivity index (χ2n) is 3.21. The summed E-state index contributed by atoms with van der Waals surface area (Å²) < 4.78 is 0. The average molecular weight is 186 g/mol. The number of carboxylic acid groups (broad SMARTS) is 1. The molecule has 1 fully saturated rings. The molecule has 2 N–H and O–H groups in total. The molecule has 0 aliphatic carbocycles. The minimum Gasteiger partial charge on any atom is -0.481 e. The largest absolute Gasteiger partial charge is 0.481 e. The Morgan fingerprint density at radius 3 is 2.85 bits per heavy atom. The third-order valence-corrected chi connectivity index (χ3v) is 2.12. The summed E-state index contributed by atoms with van der Waals surface area (Å²) in [7, 11) is 0. The summed E-state index contributed by atoms with van der Waals surface area (Å²) in [5, 5.41) is 11.6. The number of piperazine rings is 1. The van der Waals surface area contributed by atoms with Crippen molar-refractivity contribution in [3.8, 4) is 0 Å². The molecular formula is C8H14N2O3. The van der Waals surface area contributed by atoms with Crippen LogP contribution in [0.25, 0.3) is 0 Å². The zero-order valence-corrected chi connectivity index (χ0v) is 7.62. The average Bonchev–Trinajstić information content (AvgIpc) is 2.03. The summed E-state index contributed by atoms with van der Waals surface area (Å²) in [5.74, 6) is -0.820. The van der Waals surface area contributed by atoms with Gasteiger partial charge in [-0.15, -0.1) is 0 Å². The van der Waals surface area contributed by atoms with Crippen LogP contribution in [0.1, 0.15) is 13.3 Å². The fourth-order valence-electron chi connectivity index (χ4n) is 1.46. The summed E-state index contributed by atoms with van der Waals surface area (Å²) >= 11 is 0. The van der Waals surface area contributed by atoms with E-state index in [0.717, 1.165) is 0 Å². The van der Waals surface area contributed by atoms with Gasteiger partial charge in [-0.3, -0.25) is 9.59 Å². The Hall–Kier alpha value is -1.10. The molecule has 0 aromatic rings. The molecule has 13 heavy (non-hydrogen) atoms. The van der Waals surface area contributed by atoms with Gasteiger partial charge in [0.15, 0.2) is 0 Å². The van der Waals surface area contributed by atoms with Gasteiger partial charge in [-0.05, 0) is 0 Å². The van der Waals surface area contributed by atoms with Crippen LogP contribution in [0.15, 0.2) is 0 Å². The molecule has 0 spiro atoms. The van der Waals surface area contributed by atoms with Crippen LogP contribution in [0, 0.1) is 0 Å². The van der Waals surface area contributed by atoms with Crippen molar-refractivity contribution in [3.05, 3.63) is 0 Å². The molecule has 1 aliphatic heterocycles. The van der Waals surface area contributed by atoms with Gasteiger partial charge >= 0.3 is 5.97 Å². The number of hydrogen-bond donors (Lipinski definition) is 2. The predicted molar refractivity (Wildman–Crippen MR) is 46.3 cm³/mol. The number of carbonyl (C=O) groups is 2. The van der Waals surface area contributed by atoms with Crippen molar-refractivity contribution in [2.75, 3.05) is 19.6 Å². The molecule has 1 amide bonds. The quantitative estimate of drug-likeness (QED) is 0.597. The first-order valence-electron chi connectivity index (χ1n) is 4.30. The Morgan fingerprint density at radius 1 is 1.62 bits per heavy atom. The normalized spacial score (nSPS) is 22.8. The molecule has 1 atom stereocenters. The third-order valence-electron chi connectivity index (χ3n) is 2.12. The van der Waals surface area contributed by atoms with Crippen molar-refractivity contribution in [1.29, 1.82) is 0 Å². The molecule has 0 aromatic heterocycles. The smallest absolute Gasteiger partial charge is 0.304 e. The molecule has 0 radical (unpaired) electrons. The van der Waals surface area contributed by atoms with Crippen LogP contribution < -0.4 is 5.32 Å². The lowest BCUT2D eigenvalue weighted by Gasteiger charge is -2.32. The monoisotopic (exact) mass is 186 g/mol. The van der Waals surface area contributed by atoms with E-state index in [1.807, 2.05) is 0 Å². The van der Waals surface area contributed by atoms with Gasteiger partial charge in [0.1, 0.15) is 0 Å². The van der Waals surface area contributed by atoms with Gasteiger partial charge in [-0.2, -0.15) is 0 Å². The zero-order chi connectivity index (χ0) is 9.84. The maximum absolute atomic E-state index is 11.0. The number of amides is 1. The molecule has 0 bridgehead atoms. The van der Waals surface area contributed by atoms with Gasteiger partial charge in [0.2, 0.25) is 5.91 Å². The SMILES string of the molecule is CC(=O)N1CCNC(CC(=O)O)C1. The van der Waals surface area contributed by atoms with E-state index in [0.29, 0.717) is 19.6 Å². The number of rotatable bonds is 2. The number of hydrogen-bond acceptors (Lipinski definition) is 3. The molecule has 0 saturated carbocycles. The van der Waals surface area contributed by atoms with Gasteiger partial charge in [-0.25, -0.2) is 0 Å². The van der Waals surface area contributed by atoms with E-state index in [-0.39, 0.29) is 18.4 Å². The van der Waals surface area contributed by atoms with Gasteiger partial charge < -0.3 is 15.3 Å². The summed E-state index contributed by atoms with van der Waals surface area (Å²) in [4.78, 5) is 23.1. The van der Waals surface area contributed by atoms with Crippen LogP contribution in [0.2, 0.25) is 0 Å². The fourth-order valence-corrected chi connectivity index (χ4v) is 1.46. The minimum atomic E-state index is -0.831. The van der Waals surface area contributed by atoms with Crippen LogP contribution in [0.5, 0.6) is 0 Å². The Bertz CT molecular complexity index is 217. The lowest BCUT2D eigenvalue weighted by atomic mass is 10.1. The van der Waals surface area contributed by atoms with Crippen LogP contribution in [-0.2, 0) is 9.59 Å². The van der Waals surface area contributed by atoms with Crippen LogP contribution in [0.3, 0.4) is 0 Å². The molecule has 5 nitrogen and oxygen atoms in total. The first-order valence-corrected chi connectivity index (χ1v) is 4.30. The lowest BCUT2D eigenvalue weighted by Crippen LogP contribution is -2.52. The fraction of sp³-hybridized carbons (Fsp3) is 0.750. The predicted octanol–water partition coefficient (Wildman–Crippen LogP) is -0.719. The topological polar surface area (TPSA) is 69.6 Å². The Morgan fingerprint density at radius 2 is 2.31 bits per heavy atom. The Kier molecular flexibility index (Phi) is 3.25. The summed E-state index contributed by atoms with van der Waals surface area (Å²) in [6.07, 6.45) is 0.0732. The number of aliphatic carboxylic acids is 1. The van der Waals surface area contributed by atoms with Crippen molar-refractivity contribution in [1.82, 2.24) is 10.2 Å². The van der Waals surface area contributed by atoms with E-state index in [4.69, 9.17) is 5.11 Å². The first kappa shape index (κ1) is 9.98. The van der Waals surface area contributed by atoms with Crippen molar-refractivity contribution in [2.45, 2.75) is 19.4 Å². The summed E-state index contributed by atoms with van der Waals surface area (Å²) in [6.45, 7) is 3.35. The molecule has 74 valence electrons. The van der Waals surface area contributed by atoms with Gasteiger partial charge in [0.25, 0.3) is 0 Å². The van der Waals surface area contributed by atoms with E-state index < -0.39 is 5.97 Å². The zero-order valence-electron chi connectivity index (χ0n) is 7.62. The molecule has 1 aliphatic rings. The summed E-state index contributed by atoms with van der Waals surface area (Å²) in [5.41, 5.74) is 0. The van der Waals surface area contributed by atoms with Crippen molar-refractivity contribution in [2.24, 2.45) is 0 Å². The highest BCUT2D eigenvalue weighted by molar-refractivity contribution is 5.73. The standard InChI is InChI=1S/C8H14N2O3/c1-6(11)10-3-2-9-7(5-10)4-8(12)13/h7,9H,2-5H2,1H3,(H,12,13). The third kappa shape index (κ3) is 3.02.